The minimum Gasteiger partial charge on any atom is -0.278 e. The summed E-state index contributed by atoms with van der Waals surface area (Å²) in [7, 11) is 0. The van der Waals surface area contributed by atoms with Crippen molar-refractivity contribution in [1.29, 1.82) is 0 Å². The van der Waals surface area contributed by atoms with E-state index in [1.165, 1.54) is 32.3 Å². The highest BCUT2D eigenvalue weighted by atomic mass is 32.1. The molecule has 0 spiro atoms. The van der Waals surface area contributed by atoms with Crippen LogP contribution in [0.4, 0.5) is 0 Å². The summed E-state index contributed by atoms with van der Waals surface area (Å²) in [5, 5.41) is 10.4. The number of hydrogen-bond donors (Lipinski definition) is 0. The topological polar surface area (TPSA) is 56.5 Å². The Labute approximate surface area is 267 Å². The number of nitrogens with zero attached hydrogens (tertiary/aromatic N) is 5. The first-order chi connectivity index (χ1) is 22.8. The minimum absolute atomic E-state index is 0.562. The monoisotopic (exact) mass is 605 g/mol. The van der Waals surface area contributed by atoms with Crippen molar-refractivity contribution in [1.82, 2.24) is 24.5 Å². The highest BCUT2D eigenvalue weighted by Gasteiger charge is 2.20. The number of benzene rings is 7. The summed E-state index contributed by atoms with van der Waals surface area (Å²) >= 11 is 1.60. The van der Waals surface area contributed by atoms with Gasteiger partial charge >= 0.3 is 0 Å². The zero-order valence-corrected chi connectivity index (χ0v) is 25.2. The van der Waals surface area contributed by atoms with Crippen molar-refractivity contribution < 1.29 is 0 Å². The van der Waals surface area contributed by atoms with Crippen LogP contribution in [0.15, 0.2) is 140 Å². The van der Waals surface area contributed by atoms with E-state index in [-0.39, 0.29) is 0 Å². The van der Waals surface area contributed by atoms with Gasteiger partial charge in [0.15, 0.2) is 16.7 Å². The fourth-order valence-electron chi connectivity index (χ4n) is 6.84. The van der Waals surface area contributed by atoms with Crippen LogP contribution in [0, 0.1) is 0 Å². The second kappa shape index (κ2) is 9.76. The summed E-state index contributed by atoms with van der Waals surface area (Å²) in [5.41, 5.74) is 3.96. The van der Waals surface area contributed by atoms with Gasteiger partial charge in [0, 0.05) is 16.3 Å². The third kappa shape index (κ3) is 3.74. The Bertz CT molecular complexity index is 2710. The maximum absolute atomic E-state index is 5.19. The lowest BCUT2D eigenvalue weighted by molar-refractivity contribution is 0.952. The Balaban J connectivity index is 1.28. The van der Waals surface area contributed by atoms with Gasteiger partial charge in [0.25, 0.3) is 0 Å². The summed E-state index contributed by atoms with van der Waals surface area (Å²) in [5.74, 6) is 1.74. The van der Waals surface area contributed by atoms with Crippen LogP contribution in [0.5, 0.6) is 0 Å². The molecule has 0 unspecified atom stereocenters. The number of aromatic nitrogens is 5. The molecule has 0 aliphatic heterocycles. The zero-order chi connectivity index (χ0) is 30.2. The summed E-state index contributed by atoms with van der Waals surface area (Å²) in [6.45, 7) is 0. The molecule has 0 atom stereocenters. The Hall–Kier alpha value is -5.98. The SMILES string of the molecule is c1ccc2sc(-c3nc(-c4ccc5c6ccccc6c6ccccc6c5c4)nc(-n4c5ccccc5c5ccccc54)n3)nc2c1. The molecule has 0 saturated heterocycles. The number of hydrogen-bond acceptors (Lipinski definition) is 5. The van der Waals surface area contributed by atoms with Crippen molar-refractivity contribution in [3.63, 3.8) is 0 Å². The first-order valence-electron chi connectivity index (χ1n) is 15.2. The summed E-state index contributed by atoms with van der Waals surface area (Å²) in [4.78, 5) is 20.3. The number of para-hydroxylation sites is 3. The van der Waals surface area contributed by atoms with Gasteiger partial charge < -0.3 is 0 Å². The molecule has 3 heterocycles. The van der Waals surface area contributed by atoms with Crippen molar-refractivity contribution in [2.45, 2.75) is 0 Å². The Morgan fingerprint density at radius 2 is 0.935 bits per heavy atom. The van der Waals surface area contributed by atoms with Gasteiger partial charge in [-0.1, -0.05) is 109 Å². The molecule has 10 rings (SSSR count). The molecule has 0 fully saturated rings. The molecule has 3 aromatic heterocycles. The zero-order valence-electron chi connectivity index (χ0n) is 24.4. The fraction of sp³-hybridized carbons (Fsp3) is 0. The minimum atomic E-state index is 0.562. The van der Waals surface area contributed by atoms with Gasteiger partial charge in [0.2, 0.25) is 5.95 Å². The molecular formula is C40H23N5S. The Kier molecular flexibility index (Phi) is 5.38. The second-order valence-electron chi connectivity index (χ2n) is 11.5. The molecule has 214 valence electrons. The van der Waals surface area contributed by atoms with Gasteiger partial charge in [-0.15, -0.1) is 11.3 Å². The van der Waals surface area contributed by atoms with Crippen molar-refractivity contribution in [2.75, 3.05) is 0 Å². The predicted octanol–water partition coefficient (Wildman–Crippen LogP) is 10.4. The molecule has 5 nitrogen and oxygen atoms in total. The highest BCUT2D eigenvalue weighted by molar-refractivity contribution is 7.21. The van der Waals surface area contributed by atoms with Crippen LogP contribution in [0.3, 0.4) is 0 Å². The molecule has 0 aliphatic rings. The standard InChI is InChI=1S/C40H23N5S/c1-2-13-27-25(11-1)26-12-3-4-14-28(26)32-23-24(21-22-29(27)32)37-42-38(39-41-33-17-7-10-20-36(33)46-39)44-40(43-37)45-34-18-8-5-15-30(34)31-16-6-9-19-35(31)45/h1-23H. The van der Waals surface area contributed by atoms with Gasteiger partial charge in [-0.25, -0.2) is 9.97 Å². The van der Waals surface area contributed by atoms with Gasteiger partial charge in [-0.05, 0) is 62.6 Å². The average molecular weight is 606 g/mol. The van der Waals surface area contributed by atoms with Crippen molar-refractivity contribution >= 4 is 75.7 Å². The number of rotatable bonds is 3. The summed E-state index contributed by atoms with van der Waals surface area (Å²) in [6, 6.07) is 48.9. The highest BCUT2D eigenvalue weighted by Crippen LogP contribution is 2.38. The number of thiazole rings is 1. The Morgan fingerprint density at radius 1 is 0.413 bits per heavy atom. The molecule has 0 saturated carbocycles. The van der Waals surface area contributed by atoms with Crippen LogP contribution in [-0.2, 0) is 0 Å². The molecule has 7 aromatic carbocycles. The first kappa shape index (κ1) is 25.4. The third-order valence-electron chi connectivity index (χ3n) is 8.89. The van der Waals surface area contributed by atoms with Crippen molar-refractivity contribution in [3.05, 3.63) is 140 Å². The fourth-order valence-corrected chi connectivity index (χ4v) is 7.74. The van der Waals surface area contributed by atoms with E-state index in [2.05, 4.69) is 126 Å². The van der Waals surface area contributed by atoms with E-state index < -0.39 is 0 Å². The largest absolute Gasteiger partial charge is 0.278 e. The molecule has 46 heavy (non-hydrogen) atoms. The second-order valence-corrected chi connectivity index (χ2v) is 12.5. The third-order valence-corrected chi connectivity index (χ3v) is 9.92. The predicted molar refractivity (Wildman–Crippen MR) is 191 cm³/mol. The van der Waals surface area contributed by atoms with Crippen LogP contribution in [0.2, 0.25) is 0 Å². The van der Waals surface area contributed by atoms with Gasteiger partial charge in [-0.3, -0.25) is 4.57 Å². The first-order valence-corrected chi connectivity index (χ1v) is 16.1. The van der Waals surface area contributed by atoms with E-state index in [4.69, 9.17) is 19.9 Å². The van der Waals surface area contributed by atoms with E-state index in [9.17, 15) is 0 Å². The van der Waals surface area contributed by atoms with E-state index >= 15 is 0 Å². The number of fused-ring (bicyclic) bond motifs is 10. The molecule has 0 radical (unpaired) electrons. The van der Waals surface area contributed by atoms with Crippen molar-refractivity contribution in [2.24, 2.45) is 0 Å². The molecule has 0 N–H and O–H groups in total. The molecule has 0 bridgehead atoms. The van der Waals surface area contributed by atoms with Crippen LogP contribution >= 0.6 is 11.3 Å². The van der Waals surface area contributed by atoms with E-state index in [1.807, 2.05) is 18.2 Å². The molecule has 6 heteroatoms. The lowest BCUT2D eigenvalue weighted by atomic mass is 9.93. The van der Waals surface area contributed by atoms with Crippen molar-refractivity contribution in [3.8, 4) is 28.2 Å². The Morgan fingerprint density at radius 3 is 1.59 bits per heavy atom. The van der Waals surface area contributed by atoms with E-state index in [0.29, 0.717) is 17.6 Å². The van der Waals surface area contributed by atoms with Gasteiger partial charge in [-0.2, -0.15) is 9.97 Å². The molecule has 10 aromatic rings. The lowest BCUT2D eigenvalue weighted by Crippen LogP contribution is -2.06. The van der Waals surface area contributed by atoms with Crippen LogP contribution in [0.25, 0.3) is 92.5 Å². The maximum Gasteiger partial charge on any atom is 0.238 e. The van der Waals surface area contributed by atoms with Crippen LogP contribution in [0.1, 0.15) is 0 Å². The maximum atomic E-state index is 5.19. The summed E-state index contributed by atoms with van der Waals surface area (Å²) < 4.78 is 3.25. The summed E-state index contributed by atoms with van der Waals surface area (Å²) in [6.07, 6.45) is 0. The van der Waals surface area contributed by atoms with Crippen LogP contribution < -0.4 is 0 Å². The lowest BCUT2D eigenvalue weighted by Gasteiger charge is -2.13. The average Bonchev–Trinajstić information content (AvgIpc) is 3.71. The van der Waals surface area contributed by atoms with Crippen LogP contribution in [-0.4, -0.2) is 24.5 Å². The van der Waals surface area contributed by atoms with Gasteiger partial charge in [0.1, 0.15) is 0 Å². The molecular weight excluding hydrogens is 583 g/mol. The quantitative estimate of drug-likeness (QED) is 0.188. The normalized spacial score (nSPS) is 11.9. The van der Waals surface area contributed by atoms with E-state index in [0.717, 1.165) is 42.6 Å². The molecule has 0 amide bonds. The smallest absolute Gasteiger partial charge is 0.238 e. The van der Waals surface area contributed by atoms with E-state index in [1.54, 1.807) is 11.3 Å². The van der Waals surface area contributed by atoms with Gasteiger partial charge in [0.05, 0.1) is 21.3 Å². The molecule has 0 aliphatic carbocycles.